The van der Waals surface area contributed by atoms with E-state index in [1.54, 1.807) is 11.3 Å². The van der Waals surface area contributed by atoms with E-state index in [1.807, 2.05) is 6.20 Å². The highest BCUT2D eigenvalue weighted by Crippen LogP contribution is 2.38. The predicted molar refractivity (Wildman–Crippen MR) is 106 cm³/mol. The zero-order valence-electron chi connectivity index (χ0n) is 14.8. The van der Waals surface area contributed by atoms with Crippen LogP contribution in [-0.4, -0.2) is 28.0 Å². The number of rotatable bonds is 5. The molecule has 25 heavy (non-hydrogen) atoms. The lowest BCUT2D eigenvalue weighted by Crippen LogP contribution is -2.21. The van der Waals surface area contributed by atoms with Gasteiger partial charge in [-0.25, -0.2) is 9.97 Å². The van der Waals surface area contributed by atoms with Crippen LogP contribution >= 0.6 is 11.3 Å². The molecule has 1 atom stereocenters. The van der Waals surface area contributed by atoms with E-state index < -0.39 is 0 Å². The molecule has 1 N–H and O–H groups in total. The molecule has 0 saturated heterocycles. The number of hydrogen-bond donors (Lipinski definition) is 1. The fourth-order valence-corrected chi connectivity index (χ4v) is 4.65. The minimum atomic E-state index is 0.481. The second-order valence-electron chi connectivity index (χ2n) is 6.48. The molecule has 0 fully saturated rings. The van der Waals surface area contributed by atoms with Crippen molar-refractivity contribution in [1.82, 2.24) is 15.0 Å². The van der Waals surface area contributed by atoms with E-state index in [4.69, 9.17) is 4.98 Å². The summed E-state index contributed by atoms with van der Waals surface area (Å²) in [5.41, 5.74) is 4.55. The van der Waals surface area contributed by atoms with Crippen LogP contribution < -0.4 is 4.90 Å². The van der Waals surface area contributed by atoms with Gasteiger partial charge in [0.1, 0.15) is 5.65 Å². The van der Waals surface area contributed by atoms with E-state index in [0.29, 0.717) is 5.92 Å². The number of allylic oxidation sites excluding steroid dienone is 2. The average Bonchev–Trinajstić information content (AvgIpc) is 3.30. The molecular weight excluding hydrogens is 328 g/mol. The highest BCUT2D eigenvalue weighted by Gasteiger charge is 2.20. The van der Waals surface area contributed by atoms with Crippen LogP contribution in [0.15, 0.2) is 36.0 Å². The van der Waals surface area contributed by atoms with Crippen LogP contribution in [0.25, 0.3) is 22.3 Å². The molecule has 0 amide bonds. The Hall–Kier alpha value is -2.14. The molecule has 1 aliphatic carbocycles. The fraction of sp³-hybridized carbons (Fsp3) is 0.400. The number of hydrogen-bond acceptors (Lipinski definition) is 4. The smallest absolute Gasteiger partial charge is 0.185 e. The summed E-state index contributed by atoms with van der Waals surface area (Å²) in [5.74, 6) is 0.481. The van der Waals surface area contributed by atoms with E-state index in [-0.39, 0.29) is 0 Å². The van der Waals surface area contributed by atoms with Crippen molar-refractivity contribution in [1.29, 1.82) is 0 Å². The van der Waals surface area contributed by atoms with Crippen molar-refractivity contribution < 1.29 is 0 Å². The topological polar surface area (TPSA) is 44.8 Å². The summed E-state index contributed by atoms with van der Waals surface area (Å²) in [4.78, 5) is 15.1. The summed E-state index contributed by atoms with van der Waals surface area (Å²) in [5, 5.41) is 4.50. The van der Waals surface area contributed by atoms with Gasteiger partial charge in [0.2, 0.25) is 0 Å². The molecule has 1 unspecified atom stereocenters. The average molecular weight is 353 g/mol. The van der Waals surface area contributed by atoms with Crippen LogP contribution in [0, 0.1) is 0 Å². The molecular formula is C20H24N4S. The molecule has 0 bridgehead atoms. The van der Waals surface area contributed by atoms with Crippen molar-refractivity contribution in [2.24, 2.45) is 0 Å². The SMILES string of the molecule is CCN(CC)c1nc(-c2c[nH]c3nccc(C4C=CCCC4)c23)cs1. The Morgan fingerprint density at radius 3 is 2.96 bits per heavy atom. The van der Waals surface area contributed by atoms with Crippen molar-refractivity contribution in [3.05, 3.63) is 41.6 Å². The van der Waals surface area contributed by atoms with Crippen LogP contribution in [0.4, 0.5) is 5.13 Å². The molecule has 3 heterocycles. The Kier molecular flexibility index (Phi) is 4.57. The number of nitrogens with zero attached hydrogens (tertiary/aromatic N) is 3. The van der Waals surface area contributed by atoms with Gasteiger partial charge in [0.25, 0.3) is 0 Å². The van der Waals surface area contributed by atoms with E-state index >= 15 is 0 Å². The molecule has 130 valence electrons. The molecule has 3 aromatic rings. The first kappa shape index (κ1) is 16.3. The quantitative estimate of drug-likeness (QED) is 0.629. The molecule has 5 heteroatoms. The number of thiazole rings is 1. The summed E-state index contributed by atoms with van der Waals surface area (Å²) in [6.07, 6.45) is 12.3. The van der Waals surface area contributed by atoms with Crippen molar-refractivity contribution in [3.63, 3.8) is 0 Å². The van der Waals surface area contributed by atoms with Crippen molar-refractivity contribution >= 4 is 27.5 Å². The van der Waals surface area contributed by atoms with Gasteiger partial charge in [-0.05, 0) is 44.7 Å². The second-order valence-corrected chi connectivity index (χ2v) is 7.32. The molecule has 3 aromatic heterocycles. The number of anilines is 1. The first-order chi connectivity index (χ1) is 12.3. The minimum Gasteiger partial charge on any atom is -0.349 e. The van der Waals surface area contributed by atoms with Gasteiger partial charge in [0.05, 0.1) is 5.69 Å². The van der Waals surface area contributed by atoms with Crippen LogP contribution in [-0.2, 0) is 0 Å². The van der Waals surface area contributed by atoms with Crippen LogP contribution in [0.3, 0.4) is 0 Å². The third-order valence-electron chi connectivity index (χ3n) is 5.06. The van der Waals surface area contributed by atoms with Gasteiger partial charge in [-0.2, -0.15) is 0 Å². The largest absolute Gasteiger partial charge is 0.349 e. The van der Waals surface area contributed by atoms with E-state index in [0.717, 1.165) is 29.6 Å². The Bertz CT molecular complexity index is 888. The molecule has 0 aromatic carbocycles. The highest BCUT2D eigenvalue weighted by atomic mass is 32.1. The lowest BCUT2D eigenvalue weighted by atomic mass is 9.87. The lowest BCUT2D eigenvalue weighted by molar-refractivity contribution is 0.657. The number of nitrogens with one attached hydrogen (secondary N) is 1. The van der Waals surface area contributed by atoms with Gasteiger partial charge in [0, 0.05) is 47.7 Å². The maximum Gasteiger partial charge on any atom is 0.185 e. The van der Waals surface area contributed by atoms with Gasteiger partial charge in [0.15, 0.2) is 5.13 Å². The van der Waals surface area contributed by atoms with Crippen molar-refractivity contribution in [2.75, 3.05) is 18.0 Å². The molecule has 4 rings (SSSR count). The van der Waals surface area contributed by atoms with Crippen LogP contribution in [0.1, 0.15) is 44.6 Å². The molecule has 0 aliphatic heterocycles. The zero-order valence-corrected chi connectivity index (χ0v) is 15.6. The second kappa shape index (κ2) is 7.00. The summed E-state index contributed by atoms with van der Waals surface area (Å²) in [7, 11) is 0. The van der Waals surface area contributed by atoms with Gasteiger partial charge in [-0.1, -0.05) is 12.2 Å². The van der Waals surface area contributed by atoms with E-state index in [9.17, 15) is 0 Å². The summed E-state index contributed by atoms with van der Waals surface area (Å²) < 4.78 is 0. The Labute approximate surface area is 152 Å². The van der Waals surface area contributed by atoms with Crippen LogP contribution in [0.5, 0.6) is 0 Å². The molecule has 0 radical (unpaired) electrons. The normalized spacial score (nSPS) is 17.3. The Balaban J connectivity index is 1.80. The standard InChI is InChI=1S/C20H24N4S/c1-3-24(4-2)20-23-17(13-25-20)16-12-22-19-18(16)15(10-11-21-19)14-8-6-5-7-9-14/h6,8,10-14H,3-5,7,9H2,1-2H3,(H,21,22). The summed E-state index contributed by atoms with van der Waals surface area (Å²) in [6.45, 7) is 6.31. The Morgan fingerprint density at radius 1 is 1.32 bits per heavy atom. The minimum absolute atomic E-state index is 0.481. The third-order valence-corrected chi connectivity index (χ3v) is 5.96. The maximum atomic E-state index is 4.91. The van der Waals surface area contributed by atoms with Gasteiger partial charge in [-0.15, -0.1) is 11.3 Å². The molecule has 0 spiro atoms. The first-order valence-corrected chi connectivity index (χ1v) is 10.0. The van der Waals surface area contributed by atoms with E-state index in [1.165, 1.54) is 35.8 Å². The summed E-state index contributed by atoms with van der Waals surface area (Å²) in [6, 6.07) is 2.18. The zero-order chi connectivity index (χ0) is 17.2. The number of H-pyrrole nitrogens is 1. The lowest BCUT2D eigenvalue weighted by Gasteiger charge is -2.18. The van der Waals surface area contributed by atoms with Gasteiger partial charge in [-0.3, -0.25) is 0 Å². The number of pyridine rings is 1. The number of fused-ring (bicyclic) bond motifs is 1. The predicted octanol–water partition coefficient (Wildman–Crippen LogP) is 5.36. The van der Waals surface area contributed by atoms with E-state index in [2.05, 4.69) is 58.5 Å². The molecule has 0 saturated carbocycles. The van der Waals surface area contributed by atoms with Gasteiger partial charge < -0.3 is 9.88 Å². The number of aromatic amines is 1. The first-order valence-electron chi connectivity index (χ1n) is 9.15. The Morgan fingerprint density at radius 2 is 2.20 bits per heavy atom. The molecule has 4 nitrogen and oxygen atoms in total. The van der Waals surface area contributed by atoms with Gasteiger partial charge >= 0.3 is 0 Å². The summed E-state index contributed by atoms with van der Waals surface area (Å²) >= 11 is 1.72. The van der Waals surface area contributed by atoms with Crippen molar-refractivity contribution in [2.45, 2.75) is 39.0 Å². The number of aromatic nitrogens is 3. The fourth-order valence-electron chi connectivity index (χ4n) is 3.69. The van der Waals surface area contributed by atoms with Crippen molar-refractivity contribution in [3.8, 4) is 11.3 Å². The third kappa shape index (κ3) is 2.97. The molecule has 1 aliphatic rings. The maximum absolute atomic E-state index is 4.91. The van der Waals surface area contributed by atoms with Crippen LogP contribution in [0.2, 0.25) is 0 Å². The monoisotopic (exact) mass is 352 g/mol. The highest BCUT2D eigenvalue weighted by molar-refractivity contribution is 7.14.